The van der Waals surface area contributed by atoms with E-state index < -0.39 is 5.82 Å². The first-order chi connectivity index (χ1) is 10.6. The van der Waals surface area contributed by atoms with Crippen molar-refractivity contribution < 1.29 is 9.18 Å². The molecule has 0 saturated carbocycles. The monoisotopic (exact) mass is 322 g/mol. The summed E-state index contributed by atoms with van der Waals surface area (Å²) in [5.41, 5.74) is -0.0530. The Morgan fingerprint density at radius 1 is 1.45 bits per heavy atom. The highest BCUT2D eigenvalue weighted by molar-refractivity contribution is 6.33. The fourth-order valence-electron chi connectivity index (χ4n) is 2.89. The molecule has 1 atom stereocenters. The third-order valence-corrected chi connectivity index (χ3v) is 4.31. The van der Waals surface area contributed by atoms with Crippen LogP contribution < -0.4 is 0 Å². The Bertz CT molecular complexity index is 682. The molecule has 22 heavy (non-hydrogen) atoms. The summed E-state index contributed by atoms with van der Waals surface area (Å²) in [4.78, 5) is 14.2. The maximum Gasteiger partial charge on any atom is 0.258 e. The minimum absolute atomic E-state index is 0.0530. The summed E-state index contributed by atoms with van der Waals surface area (Å²) in [5.74, 6) is 0.00105. The number of aryl methyl sites for hydroxylation is 1. The van der Waals surface area contributed by atoms with Gasteiger partial charge in [-0.05, 0) is 25.0 Å². The Morgan fingerprint density at radius 3 is 2.95 bits per heavy atom. The van der Waals surface area contributed by atoms with Gasteiger partial charge in [0, 0.05) is 26.1 Å². The van der Waals surface area contributed by atoms with Gasteiger partial charge in [0.25, 0.3) is 5.91 Å². The van der Waals surface area contributed by atoms with Crippen molar-refractivity contribution in [2.75, 3.05) is 13.1 Å². The molecular formula is C15H16ClFN4O. The average molecular weight is 323 g/mol. The van der Waals surface area contributed by atoms with Gasteiger partial charge in [-0.25, -0.2) is 4.39 Å². The number of benzene rings is 1. The van der Waals surface area contributed by atoms with Crippen LogP contribution in [0.2, 0.25) is 5.02 Å². The molecule has 0 aliphatic carbocycles. The molecule has 1 fully saturated rings. The number of hydrogen-bond donors (Lipinski definition) is 0. The summed E-state index contributed by atoms with van der Waals surface area (Å²) in [6, 6.07) is 4.28. The van der Waals surface area contributed by atoms with Crippen molar-refractivity contribution in [3.8, 4) is 0 Å². The number of nitrogens with zero attached hydrogens (tertiary/aromatic N) is 4. The van der Waals surface area contributed by atoms with Crippen LogP contribution in [-0.2, 0) is 7.05 Å². The number of carbonyl (C=O) groups excluding carboxylic acids is 1. The fourth-order valence-corrected chi connectivity index (χ4v) is 3.14. The van der Waals surface area contributed by atoms with Crippen LogP contribution in [0.25, 0.3) is 0 Å². The molecule has 0 bridgehead atoms. The molecule has 116 valence electrons. The number of rotatable bonds is 2. The molecule has 2 heterocycles. The van der Waals surface area contributed by atoms with Crippen molar-refractivity contribution in [1.29, 1.82) is 0 Å². The lowest BCUT2D eigenvalue weighted by Gasteiger charge is -2.32. The molecule has 1 aromatic carbocycles. The van der Waals surface area contributed by atoms with Gasteiger partial charge >= 0.3 is 0 Å². The Morgan fingerprint density at radius 2 is 2.27 bits per heavy atom. The average Bonchev–Trinajstić information content (AvgIpc) is 2.93. The molecule has 1 aliphatic heterocycles. The lowest BCUT2D eigenvalue weighted by Crippen LogP contribution is -2.40. The number of amides is 1. The summed E-state index contributed by atoms with van der Waals surface area (Å²) in [6.07, 6.45) is 3.42. The largest absolute Gasteiger partial charge is 0.338 e. The summed E-state index contributed by atoms with van der Waals surface area (Å²) in [6.45, 7) is 1.09. The van der Waals surface area contributed by atoms with Crippen molar-refractivity contribution >= 4 is 17.5 Å². The Balaban J connectivity index is 1.83. The first-order valence-corrected chi connectivity index (χ1v) is 7.53. The molecule has 0 spiro atoms. The normalized spacial score (nSPS) is 18.5. The zero-order chi connectivity index (χ0) is 15.7. The Hall–Kier alpha value is -1.95. The van der Waals surface area contributed by atoms with Gasteiger partial charge in [-0.1, -0.05) is 17.7 Å². The van der Waals surface area contributed by atoms with Crippen LogP contribution in [0.1, 0.15) is 34.9 Å². The molecule has 5 nitrogen and oxygen atoms in total. The van der Waals surface area contributed by atoms with E-state index >= 15 is 0 Å². The van der Waals surface area contributed by atoms with Crippen LogP contribution >= 0.6 is 11.6 Å². The minimum atomic E-state index is -0.585. The highest BCUT2D eigenvalue weighted by Crippen LogP contribution is 2.28. The summed E-state index contributed by atoms with van der Waals surface area (Å²) in [7, 11) is 1.88. The predicted molar refractivity (Wildman–Crippen MR) is 80.3 cm³/mol. The van der Waals surface area contributed by atoms with E-state index in [0.29, 0.717) is 13.1 Å². The van der Waals surface area contributed by atoms with Crippen molar-refractivity contribution in [3.63, 3.8) is 0 Å². The highest BCUT2D eigenvalue weighted by Gasteiger charge is 2.30. The lowest BCUT2D eigenvalue weighted by atomic mass is 9.96. The summed E-state index contributed by atoms with van der Waals surface area (Å²) < 4.78 is 15.8. The van der Waals surface area contributed by atoms with E-state index in [4.69, 9.17) is 11.6 Å². The van der Waals surface area contributed by atoms with Gasteiger partial charge in [0.1, 0.15) is 18.0 Å². The molecule has 0 unspecified atom stereocenters. The van der Waals surface area contributed by atoms with Crippen molar-refractivity contribution in [1.82, 2.24) is 19.7 Å². The topological polar surface area (TPSA) is 51.0 Å². The minimum Gasteiger partial charge on any atom is -0.338 e. The van der Waals surface area contributed by atoms with Gasteiger partial charge in [-0.15, -0.1) is 10.2 Å². The van der Waals surface area contributed by atoms with E-state index in [1.807, 2.05) is 11.6 Å². The molecule has 3 rings (SSSR count). The van der Waals surface area contributed by atoms with E-state index in [1.54, 1.807) is 11.2 Å². The van der Waals surface area contributed by atoms with Crippen LogP contribution in [0.3, 0.4) is 0 Å². The standard InChI is InChI=1S/C15H16ClFN4O/c1-20-9-18-19-14(20)10-4-3-7-21(8-10)15(22)13-11(16)5-2-6-12(13)17/h2,5-6,9-10H,3-4,7-8H2,1H3/t10-/m1/s1. The lowest BCUT2D eigenvalue weighted by molar-refractivity contribution is 0.0699. The molecule has 0 radical (unpaired) electrons. The maximum atomic E-state index is 13.9. The second-order valence-corrected chi connectivity index (χ2v) is 5.89. The van der Waals surface area contributed by atoms with Gasteiger partial charge in [0.15, 0.2) is 0 Å². The van der Waals surface area contributed by atoms with E-state index in [1.165, 1.54) is 18.2 Å². The molecule has 2 aromatic rings. The Kier molecular flexibility index (Phi) is 4.11. The maximum absolute atomic E-state index is 13.9. The van der Waals surface area contributed by atoms with Crippen molar-refractivity contribution in [2.24, 2.45) is 7.05 Å². The third kappa shape index (κ3) is 2.70. The van der Waals surface area contributed by atoms with Crippen LogP contribution in [0.5, 0.6) is 0 Å². The van der Waals surface area contributed by atoms with Crippen LogP contribution in [0.4, 0.5) is 4.39 Å². The fraction of sp³-hybridized carbons (Fsp3) is 0.400. The van der Waals surface area contributed by atoms with E-state index in [0.717, 1.165) is 18.7 Å². The number of carbonyl (C=O) groups is 1. The SMILES string of the molecule is Cn1cnnc1[C@@H]1CCCN(C(=O)c2c(F)cccc2Cl)C1. The van der Waals surface area contributed by atoms with E-state index in [-0.39, 0.29) is 22.4 Å². The van der Waals surface area contributed by atoms with Gasteiger partial charge in [0.2, 0.25) is 0 Å². The van der Waals surface area contributed by atoms with E-state index in [2.05, 4.69) is 10.2 Å². The first-order valence-electron chi connectivity index (χ1n) is 7.15. The van der Waals surface area contributed by atoms with Gasteiger partial charge < -0.3 is 9.47 Å². The molecule has 7 heteroatoms. The summed E-state index contributed by atoms with van der Waals surface area (Å²) in [5, 5.41) is 8.14. The van der Waals surface area contributed by atoms with Gasteiger partial charge in [-0.2, -0.15) is 0 Å². The second-order valence-electron chi connectivity index (χ2n) is 5.49. The number of halogens is 2. The van der Waals surface area contributed by atoms with Crippen LogP contribution in [0.15, 0.2) is 24.5 Å². The van der Waals surface area contributed by atoms with Gasteiger partial charge in [-0.3, -0.25) is 4.79 Å². The quantitative estimate of drug-likeness (QED) is 0.854. The molecule has 0 N–H and O–H groups in total. The molecule has 1 aromatic heterocycles. The van der Waals surface area contributed by atoms with Crippen molar-refractivity contribution in [2.45, 2.75) is 18.8 Å². The number of hydrogen-bond acceptors (Lipinski definition) is 3. The number of piperidine rings is 1. The smallest absolute Gasteiger partial charge is 0.258 e. The second kappa shape index (κ2) is 6.04. The van der Waals surface area contributed by atoms with Gasteiger partial charge in [0.05, 0.1) is 10.6 Å². The first kappa shape index (κ1) is 15.0. The highest BCUT2D eigenvalue weighted by atomic mass is 35.5. The summed E-state index contributed by atoms with van der Waals surface area (Å²) >= 11 is 5.99. The molecule has 1 aliphatic rings. The van der Waals surface area contributed by atoms with Crippen LogP contribution in [0, 0.1) is 5.82 Å². The molecule has 1 saturated heterocycles. The number of aromatic nitrogens is 3. The predicted octanol–water partition coefficient (Wildman–Crippen LogP) is 2.63. The van der Waals surface area contributed by atoms with Crippen LogP contribution in [-0.4, -0.2) is 38.7 Å². The Labute approximate surface area is 132 Å². The zero-order valence-electron chi connectivity index (χ0n) is 12.2. The van der Waals surface area contributed by atoms with E-state index in [9.17, 15) is 9.18 Å². The van der Waals surface area contributed by atoms with Crippen molar-refractivity contribution in [3.05, 3.63) is 46.8 Å². The molecule has 1 amide bonds. The zero-order valence-corrected chi connectivity index (χ0v) is 12.9. The molecular weight excluding hydrogens is 307 g/mol. The third-order valence-electron chi connectivity index (χ3n) is 4.00. The number of likely N-dealkylation sites (tertiary alicyclic amines) is 1.